The molecule has 5 nitrogen and oxygen atoms in total. The highest BCUT2D eigenvalue weighted by Gasteiger charge is 2.08. The summed E-state index contributed by atoms with van der Waals surface area (Å²) in [6, 6.07) is 14.5. The maximum Gasteiger partial charge on any atom is 0.238 e. The molecule has 6 heteroatoms. The third-order valence-electron chi connectivity index (χ3n) is 3.41. The minimum atomic E-state index is -0.157. The SMILES string of the molecule is CC(=O)Nc1cccc(NC(=O)CN[C@H](C)c2ccc(Cl)cc2)c1. The molecule has 0 saturated heterocycles. The highest BCUT2D eigenvalue weighted by molar-refractivity contribution is 6.30. The Hall–Kier alpha value is -2.37. The number of carbonyl (C=O) groups is 2. The fraction of sp³-hybridized carbons (Fsp3) is 0.222. The number of nitrogens with one attached hydrogen (secondary N) is 3. The predicted octanol–water partition coefficient (Wildman–Crippen LogP) is 3.59. The highest BCUT2D eigenvalue weighted by atomic mass is 35.5. The first-order valence-electron chi connectivity index (χ1n) is 7.60. The smallest absolute Gasteiger partial charge is 0.238 e. The maximum atomic E-state index is 12.1. The number of amides is 2. The molecule has 2 rings (SSSR count). The zero-order valence-corrected chi connectivity index (χ0v) is 14.4. The van der Waals surface area contributed by atoms with Crippen LogP contribution in [0, 0.1) is 0 Å². The molecule has 2 aromatic rings. The summed E-state index contributed by atoms with van der Waals surface area (Å²) in [5.41, 5.74) is 2.33. The molecular formula is C18H20ClN3O2. The van der Waals surface area contributed by atoms with Crippen LogP contribution in [-0.4, -0.2) is 18.4 Å². The number of anilines is 2. The maximum absolute atomic E-state index is 12.1. The molecule has 0 radical (unpaired) electrons. The van der Waals surface area contributed by atoms with Crippen molar-refractivity contribution >= 4 is 34.8 Å². The molecule has 0 aromatic heterocycles. The molecule has 126 valence electrons. The van der Waals surface area contributed by atoms with Crippen molar-refractivity contribution in [3.8, 4) is 0 Å². The van der Waals surface area contributed by atoms with Gasteiger partial charge >= 0.3 is 0 Å². The lowest BCUT2D eigenvalue weighted by Crippen LogP contribution is -2.30. The number of rotatable bonds is 6. The molecule has 0 spiro atoms. The van der Waals surface area contributed by atoms with Gasteiger partial charge in [0.2, 0.25) is 11.8 Å². The van der Waals surface area contributed by atoms with E-state index in [4.69, 9.17) is 11.6 Å². The van der Waals surface area contributed by atoms with Crippen LogP contribution in [0.2, 0.25) is 5.02 Å². The molecule has 0 aliphatic carbocycles. The molecule has 0 saturated carbocycles. The van der Waals surface area contributed by atoms with Gasteiger partial charge in [-0.2, -0.15) is 0 Å². The molecule has 0 aliphatic rings. The minimum Gasteiger partial charge on any atom is -0.326 e. The second kappa shape index (κ2) is 8.47. The molecule has 0 bridgehead atoms. The lowest BCUT2D eigenvalue weighted by molar-refractivity contribution is -0.115. The summed E-state index contributed by atoms with van der Waals surface area (Å²) in [7, 11) is 0. The number of benzene rings is 2. The summed E-state index contributed by atoms with van der Waals surface area (Å²) in [4.78, 5) is 23.1. The van der Waals surface area contributed by atoms with E-state index in [1.54, 1.807) is 24.3 Å². The molecule has 3 N–H and O–H groups in total. The summed E-state index contributed by atoms with van der Waals surface area (Å²) in [5.74, 6) is -0.312. The van der Waals surface area contributed by atoms with E-state index < -0.39 is 0 Å². The Morgan fingerprint density at radius 3 is 2.29 bits per heavy atom. The Kier molecular flexibility index (Phi) is 6.35. The highest BCUT2D eigenvalue weighted by Crippen LogP contribution is 2.17. The monoisotopic (exact) mass is 345 g/mol. The van der Waals surface area contributed by atoms with E-state index >= 15 is 0 Å². The van der Waals surface area contributed by atoms with E-state index in [1.807, 2.05) is 31.2 Å². The van der Waals surface area contributed by atoms with E-state index in [0.717, 1.165) is 5.56 Å². The van der Waals surface area contributed by atoms with Crippen LogP contribution in [0.4, 0.5) is 11.4 Å². The van der Waals surface area contributed by atoms with Crippen molar-refractivity contribution in [2.45, 2.75) is 19.9 Å². The average molecular weight is 346 g/mol. The second-order valence-electron chi connectivity index (χ2n) is 5.46. The Labute approximate surface area is 146 Å². The van der Waals surface area contributed by atoms with Crippen LogP contribution in [-0.2, 0) is 9.59 Å². The molecular weight excluding hydrogens is 326 g/mol. The molecule has 0 fully saturated rings. The fourth-order valence-corrected chi connectivity index (χ4v) is 2.32. The standard InChI is InChI=1S/C18H20ClN3O2/c1-12(14-6-8-15(19)9-7-14)20-11-18(24)22-17-5-3-4-16(10-17)21-13(2)23/h3-10,12,20H,11H2,1-2H3,(H,21,23)(H,22,24)/t12-/m1/s1. The minimum absolute atomic E-state index is 0.0266. The number of halogens is 1. The molecule has 1 atom stereocenters. The predicted molar refractivity (Wildman–Crippen MR) is 97.2 cm³/mol. The van der Waals surface area contributed by atoms with Gasteiger partial charge in [-0.3, -0.25) is 9.59 Å². The molecule has 0 unspecified atom stereocenters. The Balaban J connectivity index is 1.86. The van der Waals surface area contributed by atoms with Crippen LogP contribution in [0.5, 0.6) is 0 Å². The zero-order chi connectivity index (χ0) is 17.5. The molecule has 0 aliphatic heterocycles. The van der Waals surface area contributed by atoms with Gasteiger partial charge in [-0.15, -0.1) is 0 Å². The van der Waals surface area contributed by atoms with E-state index in [2.05, 4.69) is 16.0 Å². The summed E-state index contributed by atoms with van der Waals surface area (Å²) < 4.78 is 0. The van der Waals surface area contributed by atoms with Gasteiger partial charge < -0.3 is 16.0 Å². The first-order chi connectivity index (χ1) is 11.4. The fourth-order valence-electron chi connectivity index (χ4n) is 2.20. The van der Waals surface area contributed by atoms with Gasteiger partial charge in [0, 0.05) is 29.4 Å². The van der Waals surface area contributed by atoms with Gasteiger partial charge in [0.05, 0.1) is 6.54 Å². The van der Waals surface area contributed by atoms with Crippen LogP contribution in [0.3, 0.4) is 0 Å². The van der Waals surface area contributed by atoms with Crippen LogP contribution in [0.25, 0.3) is 0 Å². The van der Waals surface area contributed by atoms with Crippen molar-refractivity contribution in [2.24, 2.45) is 0 Å². The average Bonchev–Trinajstić information content (AvgIpc) is 2.53. The van der Waals surface area contributed by atoms with Gasteiger partial charge in [-0.1, -0.05) is 29.8 Å². The van der Waals surface area contributed by atoms with Crippen LogP contribution in [0.1, 0.15) is 25.5 Å². The van der Waals surface area contributed by atoms with Crippen molar-refractivity contribution in [3.05, 3.63) is 59.1 Å². The van der Waals surface area contributed by atoms with Crippen molar-refractivity contribution < 1.29 is 9.59 Å². The van der Waals surface area contributed by atoms with Gasteiger partial charge in [-0.05, 0) is 42.8 Å². The summed E-state index contributed by atoms with van der Waals surface area (Å²) >= 11 is 5.87. The zero-order valence-electron chi connectivity index (χ0n) is 13.6. The third-order valence-corrected chi connectivity index (χ3v) is 3.66. The number of hydrogen-bond donors (Lipinski definition) is 3. The second-order valence-corrected chi connectivity index (χ2v) is 5.90. The Morgan fingerprint density at radius 2 is 1.67 bits per heavy atom. The molecule has 2 amide bonds. The third kappa shape index (κ3) is 5.68. The quantitative estimate of drug-likeness (QED) is 0.749. The first kappa shape index (κ1) is 18.0. The van der Waals surface area contributed by atoms with Crippen LogP contribution < -0.4 is 16.0 Å². The van der Waals surface area contributed by atoms with Crippen molar-refractivity contribution in [1.82, 2.24) is 5.32 Å². The van der Waals surface area contributed by atoms with E-state index in [-0.39, 0.29) is 24.4 Å². The lowest BCUT2D eigenvalue weighted by Gasteiger charge is -2.14. The number of hydrogen-bond acceptors (Lipinski definition) is 3. The van der Waals surface area contributed by atoms with Crippen LogP contribution >= 0.6 is 11.6 Å². The largest absolute Gasteiger partial charge is 0.326 e. The Bertz CT molecular complexity index is 716. The molecule has 2 aromatic carbocycles. The van der Waals surface area contributed by atoms with E-state index in [9.17, 15) is 9.59 Å². The van der Waals surface area contributed by atoms with E-state index in [1.165, 1.54) is 6.92 Å². The van der Waals surface area contributed by atoms with E-state index in [0.29, 0.717) is 16.4 Å². The summed E-state index contributed by atoms with van der Waals surface area (Å²) in [6.07, 6.45) is 0. The lowest BCUT2D eigenvalue weighted by atomic mass is 10.1. The van der Waals surface area contributed by atoms with Crippen molar-refractivity contribution in [3.63, 3.8) is 0 Å². The van der Waals surface area contributed by atoms with Crippen LogP contribution in [0.15, 0.2) is 48.5 Å². The van der Waals surface area contributed by atoms with Gasteiger partial charge in [0.1, 0.15) is 0 Å². The Morgan fingerprint density at radius 1 is 1.04 bits per heavy atom. The van der Waals surface area contributed by atoms with Crippen molar-refractivity contribution in [1.29, 1.82) is 0 Å². The normalized spacial score (nSPS) is 11.6. The summed E-state index contributed by atoms with van der Waals surface area (Å²) in [5, 5.41) is 9.32. The summed E-state index contributed by atoms with van der Waals surface area (Å²) in [6.45, 7) is 3.59. The van der Waals surface area contributed by atoms with Gasteiger partial charge in [0.25, 0.3) is 0 Å². The first-order valence-corrected chi connectivity index (χ1v) is 7.98. The van der Waals surface area contributed by atoms with Gasteiger partial charge in [0.15, 0.2) is 0 Å². The van der Waals surface area contributed by atoms with Crippen molar-refractivity contribution in [2.75, 3.05) is 17.2 Å². The topological polar surface area (TPSA) is 70.2 Å². The molecule has 0 heterocycles. The van der Waals surface area contributed by atoms with Gasteiger partial charge in [-0.25, -0.2) is 0 Å². The molecule has 24 heavy (non-hydrogen) atoms. The number of carbonyl (C=O) groups excluding carboxylic acids is 2.